The molecule has 1 saturated heterocycles. The van der Waals surface area contributed by atoms with E-state index >= 15 is 0 Å². The van der Waals surface area contributed by atoms with Crippen LogP contribution >= 0.6 is 0 Å². The Bertz CT molecular complexity index is 408. The van der Waals surface area contributed by atoms with Gasteiger partial charge in [0.1, 0.15) is 5.69 Å². The lowest BCUT2D eigenvalue weighted by Crippen LogP contribution is -2.26. The van der Waals surface area contributed by atoms with E-state index in [-0.39, 0.29) is 6.04 Å². The van der Waals surface area contributed by atoms with Crippen LogP contribution in [0, 0.1) is 0 Å². The second kappa shape index (κ2) is 8.95. The molecule has 5 nitrogen and oxygen atoms in total. The van der Waals surface area contributed by atoms with Gasteiger partial charge in [-0.15, -0.1) is 0 Å². The molecule has 0 bridgehead atoms. The topological polar surface area (TPSA) is 56.3 Å². The van der Waals surface area contributed by atoms with Gasteiger partial charge < -0.3 is 14.8 Å². The maximum absolute atomic E-state index is 5.83. The van der Waals surface area contributed by atoms with E-state index in [4.69, 9.17) is 9.47 Å². The lowest BCUT2D eigenvalue weighted by molar-refractivity contribution is 0.00843. The van der Waals surface area contributed by atoms with Gasteiger partial charge in [-0.1, -0.05) is 6.92 Å². The molecule has 0 amide bonds. The third-order valence-electron chi connectivity index (χ3n) is 3.91. The number of methoxy groups -OCH3 is 1. The molecule has 1 aliphatic heterocycles. The fourth-order valence-electron chi connectivity index (χ4n) is 2.77. The van der Waals surface area contributed by atoms with Crippen molar-refractivity contribution in [2.45, 2.75) is 57.6 Å². The SMILES string of the molecule is CCCNC(CCC1CCCCO1)c1nccnc1OC. The number of ether oxygens (including phenoxy) is 2. The van der Waals surface area contributed by atoms with E-state index in [1.54, 1.807) is 19.5 Å². The van der Waals surface area contributed by atoms with E-state index in [2.05, 4.69) is 22.2 Å². The van der Waals surface area contributed by atoms with E-state index in [1.807, 2.05) is 0 Å². The summed E-state index contributed by atoms with van der Waals surface area (Å²) in [6, 6.07) is 0.180. The first kappa shape index (κ1) is 16.2. The number of rotatable bonds is 8. The molecule has 0 aliphatic carbocycles. The van der Waals surface area contributed by atoms with Crippen LogP contribution in [0.4, 0.5) is 0 Å². The van der Waals surface area contributed by atoms with Crippen molar-refractivity contribution in [3.63, 3.8) is 0 Å². The average Bonchev–Trinajstić information content (AvgIpc) is 2.56. The van der Waals surface area contributed by atoms with E-state index in [9.17, 15) is 0 Å². The number of aromatic nitrogens is 2. The van der Waals surface area contributed by atoms with Gasteiger partial charge in [0.2, 0.25) is 5.88 Å². The molecule has 21 heavy (non-hydrogen) atoms. The van der Waals surface area contributed by atoms with Crippen molar-refractivity contribution in [3.05, 3.63) is 18.1 Å². The molecule has 2 atom stereocenters. The van der Waals surface area contributed by atoms with Crippen LogP contribution in [0.2, 0.25) is 0 Å². The minimum atomic E-state index is 0.180. The minimum Gasteiger partial charge on any atom is -0.480 e. The monoisotopic (exact) mass is 293 g/mol. The molecule has 1 aromatic rings. The summed E-state index contributed by atoms with van der Waals surface area (Å²) in [5.41, 5.74) is 0.907. The summed E-state index contributed by atoms with van der Waals surface area (Å²) in [5, 5.41) is 3.56. The zero-order valence-corrected chi connectivity index (χ0v) is 13.2. The summed E-state index contributed by atoms with van der Waals surface area (Å²) in [4.78, 5) is 8.74. The van der Waals surface area contributed by atoms with Gasteiger partial charge in [-0.05, 0) is 45.1 Å². The Morgan fingerprint density at radius 2 is 2.24 bits per heavy atom. The lowest BCUT2D eigenvalue weighted by Gasteiger charge is -2.25. The predicted molar refractivity (Wildman–Crippen MR) is 82.4 cm³/mol. The molecule has 118 valence electrons. The Hall–Kier alpha value is -1.20. The van der Waals surface area contributed by atoms with E-state index in [0.29, 0.717) is 12.0 Å². The van der Waals surface area contributed by atoms with Gasteiger partial charge in [0.25, 0.3) is 0 Å². The molecule has 2 rings (SSSR count). The summed E-state index contributed by atoms with van der Waals surface area (Å²) in [6.07, 6.45) is 10.6. The summed E-state index contributed by atoms with van der Waals surface area (Å²) in [7, 11) is 1.65. The van der Waals surface area contributed by atoms with Gasteiger partial charge in [-0.2, -0.15) is 0 Å². The second-order valence-electron chi connectivity index (χ2n) is 5.52. The fraction of sp³-hybridized carbons (Fsp3) is 0.750. The Morgan fingerprint density at radius 3 is 2.95 bits per heavy atom. The first-order valence-electron chi connectivity index (χ1n) is 8.05. The van der Waals surface area contributed by atoms with Gasteiger partial charge >= 0.3 is 0 Å². The summed E-state index contributed by atoms with van der Waals surface area (Å²) < 4.78 is 11.2. The normalized spacial score (nSPS) is 20.2. The molecule has 1 aliphatic rings. The van der Waals surface area contributed by atoms with Gasteiger partial charge in [-0.25, -0.2) is 4.98 Å². The van der Waals surface area contributed by atoms with Crippen molar-refractivity contribution in [1.82, 2.24) is 15.3 Å². The largest absolute Gasteiger partial charge is 0.480 e. The zero-order chi connectivity index (χ0) is 14.9. The highest BCUT2D eigenvalue weighted by Gasteiger charge is 2.21. The third-order valence-corrected chi connectivity index (χ3v) is 3.91. The van der Waals surface area contributed by atoms with Crippen molar-refractivity contribution in [1.29, 1.82) is 0 Å². The second-order valence-corrected chi connectivity index (χ2v) is 5.52. The highest BCUT2D eigenvalue weighted by Crippen LogP contribution is 2.26. The molecule has 0 saturated carbocycles. The Morgan fingerprint density at radius 1 is 1.38 bits per heavy atom. The van der Waals surface area contributed by atoms with Crippen molar-refractivity contribution in [3.8, 4) is 5.88 Å². The van der Waals surface area contributed by atoms with E-state index in [0.717, 1.165) is 38.1 Å². The maximum Gasteiger partial charge on any atom is 0.236 e. The third kappa shape index (κ3) is 4.93. The Balaban J connectivity index is 1.99. The van der Waals surface area contributed by atoms with Gasteiger partial charge in [0.05, 0.1) is 19.3 Å². The van der Waals surface area contributed by atoms with Gasteiger partial charge in [0, 0.05) is 19.0 Å². The average molecular weight is 293 g/mol. The lowest BCUT2D eigenvalue weighted by atomic mass is 10.00. The van der Waals surface area contributed by atoms with Gasteiger partial charge in [0.15, 0.2) is 0 Å². The van der Waals surface area contributed by atoms with Crippen LogP contribution in [0.3, 0.4) is 0 Å². The van der Waals surface area contributed by atoms with Crippen LogP contribution in [0.1, 0.15) is 57.2 Å². The minimum absolute atomic E-state index is 0.180. The van der Waals surface area contributed by atoms with Crippen molar-refractivity contribution < 1.29 is 9.47 Å². The number of nitrogens with zero attached hydrogens (tertiary/aromatic N) is 2. The zero-order valence-electron chi connectivity index (χ0n) is 13.2. The van der Waals surface area contributed by atoms with Crippen molar-refractivity contribution in [2.75, 3.05) is 20.3 Å². The van der Waals surface area contributed by atoms with Crippen LogP contribution in [-0.2, 0) is 4.74 Å². The van der Waals surface area contributed by atoms with Crippen molar-refractivity contribution >= 4 is 0 Å². The smallest absolute Gasteiger partial charge is 0.236 e. The van der Waals surface area contributed by atoms with Crippen molar-refractivity contribution in [2.24, 2.45) is 0 Å². The molecule has 0 aromatic carbocycles. The maximum atomic E-state index is 5.83. The molecule has 2 heterocycles. The molecule has 1 aromatic heterocycles. The quantitative estimate of drug-likeness (QED) is 0.798. The summed E-state index contributed by atoms with van der Waals surface area (Å²) in [6.45, 7) is 4.05. The van der Waals surface area contributed by atoms with Crippen LogP contribution in [0.25, 0.3) is 0 Å². The Labute approximate surface area is 127 Å². The molecule has 0 radical (unpaired) electrons. The van der Waals surface area contributed by atoms with Crippen LogP contribution in [-0.4, -0.2) is 36.3 Å². The summed E-state index contributed by atoms with van der Waals surface area (Å²) >= 11 is 0. The molecule has 1 N–H and O–H groups in total. The highest BCUT2D eigenvalue weighted by atomic mass is 16.5. The molecular formula is C16H27N3O2. The predicted octanol–water partition coefficient (Wildman–Crippen LogP) is 2.88. The highest BCUT2D eigenvalue weighted by molar-refractivity contribution is 5.21. The Kier molecular flexibility index (Phi) is 6.89. The molecule has 1 fully saturated rings. The first-order chi connectivity index (χ1) is 10.3. The fourth-order valence-corrected chi connectivity index (χ4v) is 2.77. The standard InChI is InChI=1S/C16H27N3O2/c1-3-9-17-14(8-7-13-6-4-5-12-21-13)15-16(20-2)19-11-10-18-15/h10-11,13-14,17H,3-9,12H2,1-2H3. The van der Waals surface area contributed by atoms with E-state index in [1.165, 1.54) is 19.3 Å². The number of hydrogen-bond acceptors (Lipinski definition) is 5. The summed E-state index contributed by atoms with van der Waals surface area (Å²) in [5.74, 6) is 0.621. The molecule has 5 heteroatoms. The van der Waals surface area contributed by atoms with Crippen LogP contribution < -0.4 is 10.1 Å². The number of nitrogens with one attached hydrogen (secondary N) is 1. The van der Waals surface area contributed by atoms with E-state index < -0.39 is 0 Å². The van der Waals surface area contributed by atoms with Crippen LogP contribution in [0.5, 0.6) is 5.88 Å². The molecule has 0 spiro atoms. The molecule has 2 unspecified atom stereocenters. The first-order valence-corrected chi connectivity index (χ1v) is 8.05. The van der Waals surface area contributed by atoms with Crippen LogP contribution in [0.15, 0.2) is 12.4 Å². The number of hydrogen-bond donors (Lipinski definition) is 1. The van der Waals surface area contributed by atoms with Gasteiger partial charge in [-0.3, -0.25) is 4.98 Å². The molecular weight excluding hydrogens is 266 g/mol.